The number of amides is 1. The van der Waals surface area contributed by atoms with E-state index >= 15 is 0 Å². The molecule has 1 aromatic carbocycles. The topological polar surface area (TPSA) is 64.3 Å². The average Bonchev–Trinajstić information content (AvgIpc) is 2.39. The minimum atomic E-state index is -0.536. The van der Waals surface area contributed by atoms with Gasteiger partial charge in [0.1, 0.15) is 5.75 Å². The first kappa shape index (κ1) is 15.3. The Labute approximate surface area is 115 Å². The minimum Gasteiger partial charge on any atom is -0.479 e. The number of rotatable bonds is 7. The van der Waals surface area contributed by atoms with Gasteiger partial charge in [0.15, 0.2) is 6.10 Å². The van der Waals surface area contributed by atoms with E-state index in [9.17, 15) is 4.79 Å². The quantitative estimate of drug-likeness (QED) is 0.588. The molecule has 0 saturated heterocycles. The summed E-state index contributed by atoms with van der Waals surface area (Å²) in [7, 11) is 0. The van der Waals surface area contributed by atoms with Gasteiger partial charge in [-0.05, 0) is 31.9 Å². The van der Waals surface area contributed by atoms with Crippen molar-refractivity contribution in [3.05, 3.63) is 23.8 Å². The second-order valence-corrected chi connectivity index (χ2v) is 4.74. The van der Waals surface area contributed by atoms with Crippen molar-refractivity contribution in [3.8, 4) is 5.75 Å². The number of hydrogen-bond donors (Lipinski definition) is 2. The van der Waals surface area contributed by atoms with Gasteiger partial charge in [0.25, 0.3) is 5.91 Å². The second-order valence-electron chi connectivity index (χ2n) is 4.74. The Kier molecular flexibility index (Phi) is 6.19. The number of benzene rings is 1. The normalized spacial score (nSPS) is 11.9. The van der Waals surface area contributed by atoms with Crippen LogP contribution in [0.3, 0.4) is 0 Å². The first-order chi connectivity index (χ1) is 9.06. The van der Waals surface area contributed by atoms with Gasteiger partial charge in [0.2, 0.25) is 0 Å². The van der Waals surface area contributed by atoms with Crippen LogP contribution in [0.1, 0.15) is 38.7 Å². The molecule has 0 aromatic heterocycles. The molecule has 1 rings (SSSR count). The number of carbonyl (C=O) groups is 1. The largest absolute Gasteiger partial charge is 0.479 e. The van der Waals surface area contributed by atoms with Crippen LogP contribution < -0.4 is 15.8 Å². The number of carbonyl (C=O) groups excluding carboxylic acids is 1. The number of nitrogens with one attached hydrogen (secondary N) is 1. The average molecular weight is 264 g/mol. The van der Waals surface area contributed by atoms with E-state index in [-0.39, 0.29) is 5.91 Å². The zero-order valence-electron chi connectivity index (χ0n) is 12.0. The number of ether oxygens (including phenoxy) is 1. The summed E-state index contributed by atoms with van der Waals surface area (Å²) in [5.74, 6) is 0.466. The van der Waals surface area contributed by atoms with Crippen LogP contribution in [0.4, 0.5) is 5.69 Å². The number of nitrogen functional groups attached to an aromatic ring is 1. The van der Waals surface area contributed by atoms with E-state index < -0.39 is 6.10 Å². The molecule has 0 fully saturated rings. The number of unbranched alkanes of at least 4 members (excludes halogenated alkanes) is 2. The van der Waals surface area contributed by atoms with Gasteiger partial charge in [-0.1, -0.05) is 31.9 Å². The smallest absolute Gasteiger partial charge is 0.260 e. The Morgan fingerprint density at radius 2 is 2.16 bits per heavy atom. The number of para-hydroxylation sites is 1. The van der Waals surface area contributed by atoms with Gasteiger partial charge in [0.05, 0.1) is 5.69 Å². The van der Waals surface area contributed by atoms with Crippen molar-refractivity contribution in [2.75, 3.05) is 12.3 Å². The molecule has 0 aliphatic heterocycles. The highest BCUT2D eigenvalue weighted by atomic mass is 16.5. The lowest BCUT2D eigenvalue weighted by Crippen LogP contribution is -2.36. The summed E-state index contributed by atoms with van der Waals surface area (Å²) in [6.45, 7) is 6.48. The van der Waals surface area contributed by atoms with E-state index in [4.69, 9.17) is 10.5 Å². The van der Waals surface area contributed by atoms with Crippen molar-refractivity contribution in [1.29, 1.82) is 0 Å². The molecule has 0 bridgehead atoms. The number of nitrogens with two attached hydrogens (primary N) is 1. The molecule has 0 radical (unpaired) electrons. The summed E-state index contributed by atoms with van der Waals surface area (Å²) < 4.78 is 5.61. The van der Waals surface area contributed by atoms with Crippen molar-refractivity contribution < 1.29 is 9.53 Å². The molecule has 19 heavy (non-hydrogen) atoms. The molecular formula is C15H24N2O2. The summed E-state index contributed by atoms with van der Waals surface area (Å²) >= 11 is 0. The van der Waals surface area contributed by atoms with E-state index in [1.165, 1.54) is 0 Å². The van der Waals surface area contributed by atoms with Crippen LogP contribution in [-0.4, -0.2) is 18.6 Å². The Bertz CT molecular complexity index is 419. The Hall–Kier alpha value is -1.71. The van der Waals surface area contributed by atoms with Gasteiger partial charge in [-0.25, -0.2) is 0 Å². The van der Waals surface area contributed by atoms with Crippen molar-refractivity contribution in [2.45, 2.75) is 46.1 Å². The van der Waals surface area contributed by atoms with Crippen LogP contribution in [0.5, 0.6) is 5.75 Å². The van der Waals surface area contributed by atoms with E-state index in [1.54, 1.807) is 13.0 Å². The lowest BCUT2D eigenvalue weighted by Gasteiger charge is -2.16. The molecule has 106 valence electrons. The van der Waals surface area contributed by atoms with Crippen LogP contribution in [0, 0.1) is 6.92 Å². The molecule has 1 atom stereocenters. The maximum Gasteiger partial charge on any atom is 0.260 e. The molecule has 4 nitrogen and oxygen atoms in total. The van der Waals surface area contributed by atoms with Gasteiger partial charge in [0, 0.05) is 6.54 Å². The molecule has 1 aromatic rings. The molecule has 0 spiro atoms. The lowest BCUT2D eigenvalue weighted by atomic mass is 10.2. The standard InChI is InChI=1S/C15H24N2O2/c1-4-5-6-10-17-15(18)12(3)19-13-9-7-8-11(2)14(13)16/h7-9,12H,4-6,10,16H2,1-3H3,(H,17,18). The zero-order valence-corrected chi connectivity index (χ0v) is 12.0. The van der Waals surface area contributed by atoms with Crippen LogP contribution >= 0.6 is 0 Å². The zero-order chi connectivity index (χ0) is 14.3. The summed E-state index contributed by atoms with van der Waals surface area (Å²) in [5, 5.41) is 2.87. The van der Waals surface area contributed by atoms with E-state index in [2.05, 4.69) is 12.2 Å². The Morgan fingerprint density at radius 1 is 1.42 bits per heavy atom. The number of hydrogen-bond acceptors (Lipinski definition) is 3. The second kappa shape index (κ2) is 7.67. The van der Waals surface area contributed by atoms with Crippen molar-refractivity contribution in [3.63, 3.8) is 0 Å². The van der Waals surface area contributed by atoms with Gasteiger partial charge in [-0.15, -0.1) is 0 Å². The van der Waals surface area contributed by atoms with E-state index in [1.807, 2.05) is 19.1 Å². The van der Waals surface area contributed by atoms with Crippen LogP contribution in [-0.2, 0) is 4.79 Å². The van der Waals surface area contributed by atoms with Gasteiger partial charge < -0.3 is 15.8 Å². The lowest BCUT2D eigenvalue weighted by molar-refractivity contribution is -0.127. The summed E-state index contributed by atoms with van der Waals surface area (Å²) in [4.78, 5) is 11.8. The van der Waals surface area contributed by atoms with E-state index in [0.29, 0.717) is 18.0 Å². The van der Waals surface area contributed by atoms with Crippen LogP contribution in [0.25, 0.3) is 0 Å². The molecule has 4 heteroatoms. The maximum atomic E-state index is 11.8. The first-order valence-corrected chi connectivity index (χ1v) is 6.85. The molecule has 0 heterocycles. The SMILES string of the molecule is CCCCCNC(=O)C(C)Oc1cccc(C)c1N. The Balaban J connectivity index is 2.47. The third-order valence-corrected chi connectivity index (χ3v) is 3.04. The Morgan fingerprint density at radius 3 is 2.84 bits per heavy atom. The highest BCUT2D eigenvalue weighted by molar-refractivity contribution is 5.80. The molecule has 0 aliphatic rings. The molecule has 3 N–H and O–H groups in total. The van der Waals surface area contributed by atoms with Gasteiger partial charge in [-0.3, -0.25) is 4.79 Å². The van der Waals surface area contributed by atoms with Gasteiger partial charge >= 0.3 is 0 Å². The third kappa shape index (κ3) is 4.81. The number of aryl methyl sites for hydroxylation is 1. The molecule has 1 unspecified atom stereocenters. The highest BCUT2D eigenvalue weighted by Gasteiger charge is 2.15. The predicted molar refractivity (Wildman–Crippen MR) is 78.2 cm³/mol. The fraction of sp³-hybridized carbons (Fsp3) is 0.533. The summed E-state index contributed by atoms with van der Waals surface area (Å²) in [6, 6.07) is 5.56. The molecular weight excluding hydrogens is 240 g/mol. The van der Waals surface area contributed by atoms with Crippen LogP contribution in [0.2, 0.25) is 0 Å². The van der Waals surface area contributed by atoms with Crippen molar-refractivity contribution >= 4 is 11.6 Å². The number of anilines is 1. The van der Waals surface area contributed by atoms with Crippen molar-refractivity contribution in [1.82, 2.24) is 5.32 Å². The fourth-order valence-electron chi connectivity index (χ4n) is 1.73. The fourth-order valence-corrected chi connectivity index (χ4v) is 1.73. The van der Waals surface area contributed by atoms with E-state index in [0.717, 1.165) is 24.8 Å². The molecule has 0 aliphatic carbocycles. The predicted octanol–water partition coefficient (Wildman–Crippen LogP) is 2.65. The monoisotopic (exact) mass is 264 g/mol. The maximum absolute atomic E-state index is 11.8. The summed E-state index contributed by atoms with van der Waals surface area (Å²) in [5.41, 5.74) is 7.46. The summed E-state index contributed by atoms with van der Waals surface area (Å²) in [6.07, 6.45) is 2.73. The third-order valence-electron chi connectivity index (χ3n) is 3.04. The highest BCUT2D eigenvalue weighted by Crippen LogP contribution is 2.25. The van der Waals surface area contributed by atoms with Crippen molar-refractivity contribution in [2.24, 2.45) is 0 Å². The molecule has 1 amide bonds. The van der Waals surface area contributed by atoms with Crippen LogP contribution in [0.15, 0.2) is 18.2 Å². The first-order valence-electron chi connectivity index (χ1n) is 6.85. The molecule has 0 saturated carbocycles. The van der Waals surface area contributed by atoms with Gasteiger partial charge in [-0.2, -0.15) is 0 Å². The minimum absolute atomic E-state index is 0.1000.